The number of hydrogen-bond acceptors (Lipinski definition) is 3. The molecule has 0 bridgehead atoms. The molecule has 0 fully saturated rings. The Morgan fingerprint density at radius 1 is 1.50 bits per heavy atom. The van der Waals surface area contributed by atoms with Crippen LogP contribution in [-0.4, -0.2) is 12.6 Å². The molecule has 0 aliphatic heterocycles. The zero-order chi connectivity index (χ0) is 13.9. The molecule has 0 aliphatic rings. The minimum atomic E-state index is -4.60. The quantitative estimate of drug-likeness (QED) is 0.783. The number of hydrogen-bond donors (Lipinski definition) is 0. The van der Waals surface area contributed by atoms with Gasteiger partial charge in [-0.05, 0) is 35.0 Å². The van der Waals surface area contributed by atoms with Gasteiger partial charge >= 0.3 is 12.1 Å². The molecule has 0 atom stereocenters. The number of carbonyl (C=O) groups excluding carboxylic acids is 1. The fourth-order valence-electron chi connectivity index (χ4n) is 1.28. The van der Waals surface area contributed by atoms with Crippen molar-refractivity contribution in [1.82, 2.24) is 0 Å². The third-order valence-corrected chi connectivity index (χ3v) is 2.88. The number of alkyl halides is 3. The van der Waals surface area contributed by atoms with Crippen LogP contribution in [0.1, 0.15) is 28.4 Å². The molecule has 0 unspecified atom stereocenters. The monoisotopic (exact) mass is 321 g/mol. The van der Waals surface area contributed by atoms with Crippen molar-refractivity contribution in [2.75, 3.05) is 6.61 Å². The predicted octanol–water partition coefficient (Wildman–Crippen LogP) is 3.52. The van der Waals surface area contributed by atoms with Gasteiger partial charge in [0.2, 0.25) is 0 Å². The Hall–Kier alpha value is -1.55. The van der Waals surface area contributed by atoms with Crippen LogP contribution in [0.2, 0.25) is 0 Å². The lowest BCUT2D eigenvalue weighted by atomic mass is 10.0. The summed E-state index contributed by atoms with van der Waals surface area (Å²) in [6, 6.07) is 3.24. The molecule has 0 spiro atoms. The van der Waals surface area contributed by atoms with Gasteiger partial charge < -0.3 is 4.74 Å². The smallest absolute Gasteiger partial charge is 0.417 e. The molecule has 7 heteroatoms. The van der Waals surface area contributed by atoms with Crippen LogP contribution in [0, 0.1) is 11.3 Å². The SMILES string of the molecule is CCOC(=O)c1ccc(C(F)(F)F)c(Br)c1C#N. The van der Waals surface area contributed by atoms with Crippen LogP contribution in [0.4, 0.5) is 13.2 Å². The van der Waals surface area contributed by atoms with Crippen LogP contribution < -0.4 is 0 Å². The van der Waals surface area contributed by atoms with Gasteiger partial charge in [0.1, 0.15) is 6.07 Å². The molecule has 0 saturated carbocycles. The minimum Gasteiger partial charge on any atom is -0.462 e. The van der Waals surface area contributed by atoms with Crippen LogP contribution in [0.3, 0.4) is 0 Å². The summed E-state index contributed by atoms with van der Waals surface area (Å²) in [6.45, 7) is 1.63. The van der Waals surface area contributed by atoms with E-state index in [2.05, 4.69) is 20.7 Å². The molecule has 0 N–H and O–H groups in total. The molecule has 0 saturated heterocycles. The van der Waals surface area contributed by atoms with Crippen LogP contribution in [-0.2, 0) is 10.9 Å². The molecule has 3 nitrogen and oxygen atoms in total. The summed E-state index contributed by atoms with van der Waals surface area (Å²) in [5.41, 5.74) is -1.59. The number of rotatable bonds is 2. The van der Waals surface area contributed by atoms with E-state index in [1.54, 1.807) is 13.0 Å². The molecule has 18 heavy (non-hydrogen) atoms. The first kappa shape index (κ1) is 14.5. The normalized spacial score (nSPS) is 10.9. The number of nitriles is 1. The van der Waals surface area contributed by atoms with Crippen molar-refractivity contribution < 1.29 is 22.7 Å². The lowest BCUT2D eigenvalue weighted by Gasteiger charge is -2.12. The lowest BCUT2D eigenvalue weighted by Crippen LogP contribution is -2.12. The van der Waals surface area contributed by atoms with Crippen LogP contribution >= 0.6 is 15.9 Å². The van der Waals surface area contributed by atoms with E-state index in [-0.39, 0.29) is 17.7 Å². The summed E-state index contributed by atoms with van der Waals surface area (Å²) >= 11 is 2.70. The average Bonchev–Trinajstić information content (AvgIpc) is 2.27. The van der Waals surface area contributed by atoms with Crippen molar-refractivity contribution in [3.05, 3.63) is 33.3 Å². The first-order valence-corrected chi connectivity index (χ1v) is 5.59. The number of halogens is 4. The van der Waals surface area contributed by atoms with Crippen molar-refractivity contribution in [3.8, 4) is 6.07 Å². The molecule has 1 rings (SSSR count). The largest absolute Gasteiger partial charge is 0.462 e. The van der Waals surface area contributed by atoms with Crippen LogP contribution in [0.15, 0.2) is 16.6 Å². The summed E-state index contributed by atoms with van der Waals surface area (Å²) < 4.78 is 42.0. The van der Waals surface area contributed by atoms with Gasteiger partial charge in [0.15, 0.2) is 0 Å². The Labute approximate surface area is 109 Å². The number of carbonyl (C=O) groups is 1. The standard InChI is InChI=1S/C11H7BrF3NO2/c1-2-18-10(17)6-3-4-8(11(13,14)15)9(12)7(6)5-16/h3-4H,2H2,1H3. The van der Waals surface area contributed by atoms with E-state index >= 15 is 0 Å². The Morgan fingerprint density at radius 3 is 2.56 bits per heavy atom. The van der Waals surface area contributed by atoms with Gasteiger partial charge in [-0.3, -0.25) is 0 Å². The van der Waals surface area contributed by atoms with E-state index in [0.717, 1.165) is 12.1 Å². The lowest BCUT2D eigenvalue weighted by molar-refractivity contribution is -0.138. The summed E-state index contributed by atoms with van der Waals surface area (Å²) in [5, 5.41) is 8.85. The number of nitrogens with zero attached hydrogens (tertiary/aromatic N) is 1. The van der Waals surface area contributed by atoms with Gasteiger partial charge in [-0.15, -0.1) is 0 Å². The highest BCUT2D eigenvalue weighted by molar-refractivity contribution is 9.10. The van der Waals surface area contributed by atoms with Crippen molar-refractivity contribution in [3.63, 3.8) is 0 Å². The molecule has 1 aromatic carbocycles. The second-order valence-corrected chi connectivity index (χ2v) is 3.97. The maximum absolute atomic E-state index is 12.6. The fourth-order valence-corrected chi connectivity index (χ4v) is 1.94. The van der Waals surface area contributed by atoms with Crippen molar-refractivity contribution in [2.24, 2.45) is 0 Å². The van der Waals surface area contributed by atoms with E-state index < -0.39 is 22.2 Å². The van der Waals surface area contributed by atoms with Gasteiger partial charge in [0, 0.05) is 4.47 Å². The highest BCUT2D eigenvalue weighted by Crippen LogP contribution is 2.37. The zero-order valence-electron chi connectivity index (χ0n) is 9.14. The molecule has 1 aromatic rings. The van der Waals surface area contributed by atoms with Gasteiger partial charge in [-0.1, -0.05) is 0 Å². The third-order valence-electron chi connectivity index (χ3n) is 2.05. The minimum absolute atomic E-state index is 0.0718. The molecule has 0 aliphatic carbocycles. The highest BCUT2D eigenvalue weighted by Gasteiger charge is 2.35. The maximum atomic E-state index is 12.6. The van der Waals surface area contributed by atoms with Crippen LogP contribution in [0.5, 0.6) is 0 Å². The van der Waals surface area contributed by atoms with Crippen molar-refractivity contribution >= 4 is 21.9 Å². The molecule has 0 heterocycles. The Bertz CT molecular complexity index is 520. The molecule has 0 amide bonds. The number of ether oxygens (including phenoxy) is 1. The van der Waals surface area contributed by atoms with Gasteiger partial charge in [0.25, 0.3) is 0 Å². The summed E-state index contributed by atoms with van der Waals surface area (Å²) in [4.78, 5) is 11.5. The van der Waals surface area contributed by atoms with E-state index in [1.165, 1.54) is 0 Å². The molecule has 96 valence electrons. The summed E-state index contributed by atoms with van der Waals surface area (Å²) in [5.74, 6) is -0.830. The average molecular weight is 322 g/mol. The Morgan fingerprint density at radius 2 is 2.11 bits per heavy atom. The first-order valence-electron chi connectivity index (χ1n) is 4.79. The Kier molecular flexibility index (Phi) is 4.35. The van der Waals surface area contributed by atoms with E-state index in [4.69, 9.17) is 5.26 Å². The molecule has 0 aromatic heterocycles. The Balaban J connectivity index is 3.40. The zero-order valence-corrected chi connectivity index (χ0v) is 10.7. The second-order valence-electron chi connectivity index (χ2n) is 3.18. The molecule has 0 radical (unpaired) electrons. The van der Waals surface area contributed by atoms with E-state index in [0.29, 0.717) is 0 Å². The first-order chi connectivity index (χ1) is 8.32. The topological polar surface area (TPSA) is 50.1 Å². The maximum Gasteiger partial charge on any atom is 0.417 e. The summed E-state index contributed by atoms with van der Waals surface area (Å²) in [6.07, 6.45) is -4.60. The predicted molar refractivity (Wildman–Crippen MR) is 59.8 cm³/mol. The summed E-state index contributed by atoms with van der Waals surface area (Å²) in [7, 11) is 0. The van der Waals surface area contributed by atoms with Crippen molar-refractivity contribution in [1.29, 1.82) is 5.26 Å². The third kappa shape index (κ3) is 2.82. The fraction of sp³-hybridized carbons (Fsp3) is 0.273. The van der Waals surface area contributed by atoms with Crippen LogP contribution in [0.25, 0.3) is 0 Å². The molecular formula is C11H7BrF3NO2. The second kappa shape index (κ2) is 5.40. The van der Waals surface area contributed by atoms with E-state index in [1.807, 2.05) is 0 Å². The van der Waals surface area contributed by atoms with E-state index in [9.17, 15) is 18.0 Å². The number of benzene rings is 1. The van der Waals surface area contributed by atoms with Gasteiger partial charge in [0.05, 0.1) is 23.3 Å². The number of esters is 1. The highest BCUT2D eigenvalue weighted by atomic mass is 79.9. The van der Waals surface area contributed by atoms with Crippen molar-refractivity contribution in [2.45, 2.75) is 13.1 Å². The van der Waals surface area contributed by atoms with Gasteiger partial charge in [-0.2, -0.15) is 18.4 Å². The molecular weight excluding hydrogens is 315 g/mol. The van der Waals surface area contributed by atoms with Gasteiger partial charge in [-0.25, -0.2) is 4.79 Å².